The molecule has 3 heteroatoms. The van der Waals surface area contributed by atoms with Gasteiger partial charge < -0.3 is 10.3 Å². The number of aromatic nitrogens is 2. The van der Waals surface area contributed by atoms with Crippen molar-refractivity contribution in [3.05, 3.63) is 53.1 Å². The molecule has 0 amide bonds. The average molecular weight is 243 g/mol. The number of imidazole rings is 1. The molecule has 0 bridgehead atoms. The van der Waals surface area contributed by atoms with Crippen LogP contribution in [0.15, 0.2) is 30.6 Å². The highest BCUT2D eigenvalue weighted by atomic mass is 15.0. The Hall–Kier alpha value is -1.61. The number of nitrogens with one attached hydrogen (secondary N) is 2. The molecule has 2 N–H and O–H groups in total. The molecule has 1 aromatic heterocycles. The summed E-state index contributed by atoms with van der Waals surface area (Å²) in [6.07, 6.45) is 2.80. The highest BCUT2D eigenvalue weighted by Crippen LogP contribution is 2.10. The highest BCUT2D eigenvalue weighted by Gasteiger charge is 2.07. The quantitative estimate of drug-likeness (QED) is 0.847. The van der Waals surface area contributed by atoms with Crippen molar-refractivity contribution in [3.8, 4) is 0 Å². The SMILES string of the molecule is Cc1ccccc1CC(C)NCc1nc[nH]c1C. The number of H-pyrrole nitrogens is 1. The molecular formula is C15H21N3. The largest absolute Gasteiger partial charge is 0.348 e. The molecule has 0 radical (unpaired) electrons. The van der Waals surface area contributed by atoms with Crippen molar-refractivity contribution < 1.29 is 0 Å². The van der Waals surface area contributed by atoms with Crippen LogP contribution >= 0.6 is 0 Å². The van der Waals surface area contributed by atoms with E-state index in [2.05, 4.69) is 60.3 Å². The fraction of sp³-hybridized carbons (Fsp3) is 0.400. The van der Waals surface area contributed by atoms with Gasteiger partial charge in [0.15, 0.2) is 0 Å². The van der Waals surface area contributed by atoms with Gasteiger partial charge in [0.05, 0.1) is 12.0 Å². The first-order chi connectivity index (χ1) is 8.66. The van der Waals surface area contributed by atoms with Crippen molar-refractivity contribution in [3.63, 3.8) is 0 Å². The van der Waals surface area contributed by atoms with Gasteiger partial charge in [0.25, 0.3) is 0 Å². The predicted octanol–water partition coefficient (Wildman–Crippen LogP) is 2.75. The maximum absolute atomic E-state index is 4.29. The van der Waals surface area contributed by atoms with Gasteiger partial charge in [0.2, 0.25) is 0 Å². The Kier molecular flexibility index (Phi) is 4.15. The lowest BCUT2D eigenvalue weighted by Crippen LogP contribution is -2.28. The van der Waals surface area contributed by atoms with Crippen LogP contribution in [0, 0.1) is 13.8 Å². The molecule has 0 saturated heterocycles. The number of benzene rings is 1. The average Bonchev–Trinajstić information content (AvgIpc) is 2.75. The lowest BCUT2D eigenvalue weighted by Gasteiger charge is -2.14. The van der Waals surface area contributed by atoms with Crippen molar-refractivity contribution in [2.24, 2.45) is 0 Å². The summed E-state index contributed by atoms with van der Waals surface area (Å²) in [5.74, 6) is 0. The van der Waals surface area contributed by atoms with E-state index in [-0.39, 0.29) is 0 Å². The third kappa shape index (κ3) is 3.20. The van der Waals surface area contributed by atoms with Gasteiger partial charge in [-0.3, -0.25) is 0 Å². The minimum Gasteiger partial charge on any atom is -0.348 e. The van der Waals surface area contributed by atoms with E-state index in [0.717, 1.165) is 24.4 Å². The molecule has 1 unspecified atom stereocenters. The van der Waals surface area contributed by atoms with Crippen LogP contribution in [0.5, 0.6) is 0 Å². The van der Waals surface area contributed by atoms with Gasteiger partial charge in [-0.15, -0.1) is 0 Å². The van der Waals surface area contributed by atoms with E-state index >= 15 is 0 Å². The van der Waals surface area contributed by atoms with Crippen LogP contribution in [0.4, 0.5) is 0 Å². The maximum atomic E-state index is 4.29. The Labute approximate surface area is 109 Å². The van der Waals surface area contributed by atoms with Gasteiger partial charge in [-0.2, -0.15) is 0 Å². The van der Waals surface area contributed by atoms with Crippen LogP contribution in [-0.2, 0) is 13.0 Å². The van der Waals surface area contributed by atoms with Crippen LogP contribution < -0.4 is 5.32 Å². The molecule has 1 aromatic carbocycles. The van der Waals surface area contributed by atoms with Crippen LogP contribution in [0.1, 0.15) is 29.4 Å². The normalized spacial score (nSPS) is 12.6. The number of hydrogen-bond donors (Lipinski definition) is 2. The van der Waals surface area contributed by atoms with Crippen LogP contribution in [-0.4, -0.2) is 16.0 Å². The lowest BCUT2D eigenvalue weighted by atomic mass is 10.0. The Morgan fingerprint density at radius 3 is 2.72 bits per heavy atom. The van der Waals surface area contributed by atoms with Crippen LogP contribution in [0.25, 0.3) is 0 Å². The summed E-state index contributed by atoms with van der Waals surface area (Å²) in [5.41, 5.74) is 5.02. The van der Waals surface area contributed by atoms with Gasteiger partial charge in [-0.25, -0.2) is 4.98 Å². The highest BCUT2D eigenvalue weighted by molar-refractivity contribution is 5.26. The summed E-state index contributed by atoms with van der Waals surface area (Å²) in [4.78, 5) is 7.39. The summed E-state index contributed by atoms with van der Waals surface area (Å²) in [7, 11) is 0. The summed E-state index contributed by atoms with van der Waals surface area (Å²) >= 11 is 0. The smallest absolute Gasteiger partial charge is 0.0925 e. The van der Waals surface area contributed by atoms with Crippen LogP contribution in [0.2, 0.25) is 0 Å². The molecule has 2 rings (SSSR count). The van der Waals surface area contributed by atoms with Crippen molar-refractivity contribution in [2.75, 3.05) is 0 Å². The van der Waals surface area contributed by atoms with E-state index in [1.807, 2.05) is 0 Å². The number of aromatic amines is 1. The van der Waals surface area contributed by atoms with Crippen molar-refractivity contribution in [2.45, 2.75) is 39.8 Å². The van der Waals surface area contributed by atoms with Crippen molar-refractivity contribution >= 4 is 0 Å². The van der Waals surface area contributed by atoms with E-state index < -0.39 is 0 Å². The molecule has 1 atom stereocenters. The van der Waals surface area contributed by atoms with Gasteiger partial charge in [0, 0.05) is 18.3 Å². The standard InChI is InChI=1S/C15H21N3/c1-11-6-4-5-7-14(11)8-12(2)16-9-15-13(3)17-10-18-15/h4-7,10,12,16H,8-9H2,1-3H3,(H,17,18). The Morgan fingerprint density at radius 2 is 2.06 bits per heavy atom. The van der Waals surface area contributed by atoms with Gasteiger partial charge in [-0.1, -0.05) is 24.3 Å². The molecular weight excluding hydrogens is 222 g/mol. The number of nitrogens with zero attached hydrogens (tertiary/aromatic N) is 1. The molecule has 96 valence electrons. The van der Waals surface area contributed by atoms with E-state index in [0.29, 0.717) is 6.04 Å². The zero-order chi connectivity index (χ0) is 13.0. The Balaban J connectivity index is 1.88. The Morgan fingerprint density at radius 1 is 1.28 bits per heavy atom. The van der Waals surface area contributed by atoms with Crippen molar-refractivity contribution in [1.29, 1.82) is 0 Å². The molecule has 1 heterocycles. The zero-order valence-electron chi connectivity index (χ0n) is 11.3. The molecule has 0 aliphatic heterocycles. The van der Waals surface area contributed by atoms with Crippen LogP contribution in [0.3, 0.4) is 0 Å². The molecule has 0 saturated carbocycles. The third-order valence-electron chi connectivity index (χ3n) is 3.34. The zero-order valence-corrected chi connectivity index (χ0v) is 11.3. The molecule has 0 spiro atoms. The van der Waals surface area contributed by atoms with Gasteiger partial charge in [-0.05, 0) is 38.3 Å². The first-order valence-electron chi connectivity index (χ1n) is 6.43. The van der Waals surface area contributed by atoms with E-state index in [1.54, 1.807) is 6.33 Å². The maximum Gasteiger partial charge on any atom is 0.0925 e. The molecule has 0 fully saturated rings. The molecule has 3 nitrogen and oxygen atoms in total. The second-order valence-corrected chi connectivity index (χ2v) is 4.89. The second kappa shape index (κ2) is 5.83. The van der Waals surface area contributed by atoms with Crippen molar-refractivity contribution in [1.82, 2.24) is 15.3 Å². The first-order valence-corrected chi connectivity index (χ1v) is 6.43. The third-order valence-corrected chi connectivity index (χ3v) is 3.34. The molecule has 18 heavy (non-hydrogen) atoms. The molecule has 0 aliphatic rings. The second-order valence-electron chi connectivity index (χ2n) is 4.89. The molecule has 2 aromatic rings. The predicted molar refractivity (Wildman–Crippen MR) is 74.5 cm³/mol. The summed E-state index contributed by atoms with van der Waals surface area (Å²) in [6, 6.07) is 9.01. The number of rotatable bonds is 5. The van der Waals surface area contributed by atoms with Gasteiger partial charge >= 0.3 is 0 Å². The topological polar surface area (TPSA) is 40.7 Å². The fourth-order valence-electron chi connectivity index (χ4n) is 2.08. The lowest BCUT2D eigenvalue weighted by molar-refractivity contribution is 0.539. The van der Waals surface area contributed by atoms with Gasteiger partial charge in [0.1, 0.15) is 0 Å². The fourth-order valence-corrected chi connectivity index (χ4v) is 2.08. The van der Waals surface area contributed by atoms with E-state index in [1.165, 1.54) is 11.1 Å². The van der Waals surface area contributed by atoms with E-state index in [4.69, 9.17) is 0 Å². The summed E-state index contributed by atoms with van der Waals surface area (Å²) < 4.78 is 0. The summed E-state index contributed by atoms with van der Waals surface area (Å²) in [6.45, 7) is 7.26. The number of aryl methyl sites for hydroxylation is 2. The molecule has 0 aliphatic carbocycles. The number of hydrogen-bond acceptors (Lipinski definition) is 2. The monoisotopic (exact) mass is 243 g/mol. The van der Waals surface area contributed by atoms with E-state index in [9.17, 15) is 0 Å². The minimum absolute atomic E-state index is 0.446. The minimum atomic E-state index is 0.446. The first kappa shape index (κ1) is 12.8. The summed E-state index contributed by atoms with van der Waals surface area (Å²) in [5, 5.41) is 3.52. The Bertz CT molecular complexity index is 502.